The van der Waals surface area contributed by atoms with Crippen molar-refractivity contribution < 1.29 is 24.1 Å². The minimum absolute atomic E-state index is 0.0917. The van der Waals surface area contributed by atoms with Crippen LogP contribution in [0.25, 0.3) is 21.3 Å². The van der Waals surface area contributed by atoms with Gasteiger partial charge in [-0.1, -0.05) is 23.2 Å². The number of nitrogens with zero attached hydrogens (tertiary/aromatic N) is 1. The molecule has 3 aromatic rings. The van der Waals surface area contributed by atoms with E-state index in [0.717, 1.165) is 11.3 Å². The minimum Gasteiger partial charge on any atom is -0.503 e. The highest BCUT2D eigenvalue weighted by Crippen LogP contribution is 2.36. The van der Waals surface area contributed by atoms with Crippen molar-refractivity contribution in [2.45, 2.75) is 13.8 Å². The van der Waals surface area contributed by atoms with Gasteiger partial charge in [0.15, 0.2) is 17.3 Å². The first-order valence-corrected chi connectivity index (χ1v) is 11.1. The minimum atomic E-state index is -0.549. The number of halogens is 2. The number of aryl methyl sites for hydroxylation is 1. The number of phenols is 1. The number of carbonyl (C=O) groups excluding carboxylic acids is 1. The lowest BCUT2D eigenvalue weighted by Gasteiger charge is -2.08. The van der Waals surface area contributed by atoms with E-state index >= 15 is 0 Å². The van der Waals surface area contributed by atoms with E-state index < -0.39 is 11.5 Å². The van der Waals surface area contributed by atoms with E-state index in [1.165, 1.54) is 19.3 Å². The number of esters is 1. The molecular formula is C21H20Cl2N2O6S. The van der Waals surface area contributed by atoms with Crippen molar-refractivity contribution in [3.8, 4) is 11.5 Å². The monoisotopic (exact) mass is 498 g/mol. The van der Waals surface area contributed by atoms with Gasteiger partial charge in [-0.25, -0.2) is 9.78 Å². The number of hydrogen-bond donors (Lipinski definition) is 2. The van der Waals surface area contributed by atoms with Crippen LogP contribution in [-0.2, 0) is 9.47 Å². The van der Waals surface area contributed by atoms with Crippen LogP contribution in [0.15, 0.2) is 16.9 Å². The molecule has 0 bridgehead atoms. The highest BCUT2D eigenvalue weighted by atomic mass is 35.5. The van der Waals surface area contributed by atoms with Gasteiger partial charge < -0.3 is 24.3 Å². The third-order valence-corrected chi connectivity index (χ3v) is 6.12. The van der Waals surface area contributed by atoms with Crippen molar-refractivity contribution in [1.29, 1.82) is 0 Å². The van der Waals surface area contributed by atoms with E-state index in [4.69, 9.17) is 37.4 Å². The summed E-state index contributed by atoms with van der Waals surface area (Å²) in [6.07, 6.45) is 1.53. The number of carbonyl (C=O) groups is 1. The highest BCUT2D eigenvalue weighted by molar-refractivity contribution is 7.20. The fourth-order valence-corrected chi connectivity index (χ4v) is 4.40. The van der Waals surface area contributed by atoms with Crippen molar-refractivity contribution in [1.82, 2.24) is 9.97 Å². The smallest absolute Gasteiger partial charge is 0.348 e. The molecule has 0 aliphatic rings. The number of nitrogens with one attached hydrogen (secondary N) is 1. The van der Waals surface area contributed by atoms with Crippen LogP contribution in [0.5, 0.6) is 11.5 Å². The lowest BCUT2D eigenvalue weighted by atomic mass is 10.1. The van der Waals surface area contributed by atoms with Crippen molar-refractivity contribution in [2.24, 2.45) is 0 Å². The lowest BCUT2D eigenvalue weighted by Crippen LogP contribution is -2.11. The molecule has 0 amide bonds. The Hall–Kier alpha value is -2.59. The van der Waals surface area contributed by atoms with Crippen LogP contribution in [0.3, 0.4) is 0 Å². The molecule has 0 fully saturated rings. The number of rotatable bonds is 8. The number of hydrogen-bond acceptors (Lipinski definition) is 8. The highest BCUT2D eigenvalue weighted by Gasteiger charge is 2.21. The summed E-state index contributed by atoms with van der Waals surface area (Å²) in [5.74, 6) is -0.397. The van der Waals surface area contributed by atoms with Gasteiger partial charge in [-0.2, -0.15) is 0 Å². The molecule has 0 spiro atoms. The first-order chi connectivity index (χ1) is 15.3. The van der Waals surface area contributed by atoms with Gasteiger partial charge in [0.25, 0.3) is 5.56 Å². The summed E-state index contributed by atoms with van der Waals surface area (Å²) >= 11 is 13.5. The zero-order valence-corrected chi connectivity index (χ0v) is 19.8. The van der Waals surface area contributed by atoms with E-state index in [1.807, 2.05) is 0 Å². The molecule has 0 aliphatic carbocycles. The SMILES string of the molecule is CCOc1cc(/C=C(\Cl)c2nc3sc(C(=O)OCCOC)c(C)c3c(=O)[nH]2)cc(Cl)c1O. The normalized spacial score (nSPS) is 11.7. The Kier molecular flexibility index (Phi) is 7.78. The van der Waals surface area contributed by atoms with Gasteiger partial charge in [0, 0.05) is 7.11 Å². The number of aromatic amines is 1. The third kappa shape index (κ3) is 5.07. The lowest BCUT2D eigenvalue weighted by molar-refractivity contribution is 0.0393. The second-order valence-electron chi connectivity index (χ2n) is 6.55. The maximum atomic E-state index is 12.7. The summed E-state index contributed by atoms with van der Waals surface area (Å²) in [7, 11) is 1.50. The Morgan fingerprint density at radius 2 is 2.09 bits per heavy atom. The van der Waals surface area contributed by atoms with Gasteiger partial charge >= 0.3 is 5.97 Å². The average Bonchev–Trinajstić information content (AvgIpc) is 3.09. The zero-order chi connectivity index (χ0) is 23.4. The Balaban J connectivity index is 1.99. The second-order valence-corrected chi connectivity index (χ2v) is 8.37. The number of benzene rings is 1. The van der Waals surface area contributed by atoms with Crippen molar-refractivity contribution >= 4 is 61.8 Å². The van der Waals surface area contributed by atoms with Crippen molar-refractivity contribution in [3.63, 3.8) is 0 Å². The van der Waals surface area contributed by atoms with E-state index in [1.54, 1.807) is 19.9 Å². The fraction of sp³-hybridized carbons (Fsp3) is 0.286. The van der Waals surface area contributed by atoms with Gasteiger partial charge in [0.2, 0.25) is 0 Å². The summed E-state index contributed by atoms with van der Waals surface area (Å²) in [6.45, 7) is 4.14. The summed E-state index contributed by atoms with van der Waals surface area (Å²) in [4.78, 5) is 32.7. The zero-order valence-electron chi connectivity index (χ0n) is 17.5. The summed E-state index contributed by atoms with van der Waals surface area (Å²) in [5, 5.41) is 10.5. The van der Waals surface area contributed by atoms with E-state index in [0.29, 0.717) is 28.0 Å². The molecule has 0 radical (unpaired) electrons. The molecule has 0 unspecified atom stereocenters. The average molecular weight is 499 g/mol. The number of fused-ring (bicyclic) bond motifs is 1. The number of ether oxygens (including phenoxy) is 3. The Morgan fingerprint density at radius 3 is 2.78 bits per heavy atom. The topological polar surface area (TPSA) is 111 Å². The Morgan fingerprint density at radius 1 is 1.34 bits per heavy atom. The second kappa shape index (κ2) is 10.4. The number of H-pyrrole nitrogens is 1. The van der Waals surface area contributed by atoms with Crippen LogP contribution in [-0.4, -0.2) is 48.0 Å². The number of aromatic nitrogens is 2. The number of methoxy groups -OCH3 is 1. The first-order valence-electron chi connectivity index (χ1n) is 9.49. The molecule has 0 saturated carbocycles. The predicted octanol–water partition coefficient (Wildman–Crippen LogP) is 4.59. The molecule has 0 aliphatic heterocycles. The molecule has 3 rings (SSSR count). The maximum absolute atomic E-state index is 12.7. The standard InChI is InChI=1S/C21H20Cl2N2O6S/c1-4-30-14-9-11(7-12(22)16(14)26)8-13(23)18-24-19(27)15-10(2)17(32-20(15)25-18)21(28)31-6-5-29-3/h7-9,26H,4-6H2,1-3H3,(H,24,25,27)/b13-8-. The first kappa shape index (κ1) is 24.1. The number of thiophene rings is 1. The molecule has 2 heterocycles. The van der Waals surface area contributed by atoms with Crippen LogP contribution >= 0.6 is 34.5 Å². The summed E-state index contributed by atoms with van der Waals surface area (Å²) in [5.41, 5.74) is 0.591. The molecule has 2 N–H and O–H groups in total. The van der Waals surface area contributed by atoms with Gasteiger partial charge in [-0.05, 0) is 43.2 Å². The quantitative estimate of drug-likeness (QED) is 0.345. The molecule has 11 heteroatoms. The summed E-state index contributed by atoms with van der Waals surface area (Å²) in [6, 6.07) is 3.06. The van der Waals surface area contributed by atoms with Crippen LogP contribution in [0.1, 0.15) is 33.5 Å². The third-order valence-electron chi connectivity index (χ3n) is 4.38. The molecule has 2 aromatic heterocycles. The molecule has 32 heavy (non-hydrogen) atoms. The van der Waals surface area contributed by atoms with E-state index in [2.05, 4.69) is 9.97 Å². The Labute approximate surface area is 197 Å². The largest absolute Gasteiger partial charge is 0.503 e. The fourth-order valence-electron chi connectivity index (χ4n) is 2.89. The van der Waals surface area contributed by atoms with Crippen LogP contribution in [0, 0.1) is 6.92 Å². The van der Waals surface area contributed by atoms with Crippen LogP contribution < -0.4 is 10.3 Å². The predicted molar refractivity (Wildman–Crippen MR) is 125 cm³/mol. The maximum Gasteiger partial charge on any atom is 0.348 e. The summed E-state index contributed by atoms with van der Waals surface area (Å²) < 4.78 is 15.4. The van der Waals surface area contributed by atoms with Crippen LogP contribution in [0.4, 0.5) is 0 Å². The van der Waals surface area contributed by atoms with Gasteiger partial charge in [-0.15, -0.1) is 11.3 Å². The number of phenolic OH excluding ortho intramolecular Hbond substituents is 1. The van der Waals surface area contributed by atoms with Gasteiger partial charge in [0.1, 0.15) is 16.3 Å². The Bertz CT molecular complexity index is 1250. The molecule has 1 aromatic carbocycles. The molecular weight excluding hydrogens is 479 g/mol. The molecule has 170 valence electrons. The molecule has 0 saturated heterocycles. The van der Waals surface area contributed by atoms with Crippen LogP contribution in [0.2, 0.25) is 5.02 Å². The van der Waals surface area contributed by atoms with E-state index in [9.17, 15) is 14.7 Å². The van der Waals surface area contributed by atoms with Crippen molar-refractivity contribution in [3.05, 3.63) is 49.3 Å². The number of aromatic hydroxyl groups is 1. The molecule has 8 nitrogen and oxygen atoms in total. The van der Waals surface area contributed by atoms with Gasteiger partial charge in [-0.3, -0.25) is 4.79 Å². The van der Waals surface area contributed by atoms with Crippen molar-refractivity contribution in [2.75, 3.05) is 26.9 Å². The van der Waals surface area contributed by atoms with Gasteiger partial charge in [0.05, 0.1) is 28.7 Å². The van der Waals surface area contributed by atoms with E-state index in [-0.39, 0.29) is 45.5 Å². The molecule has 0 atom stereocenters.